The Morgan fingerprint density at radius 3 is 2.74 bits per heavy atom. The molecule has 3 aromatic rings. The van der Waals surface area contributed by atoms with Crippen LogP contribution in [0.3, 0.4) is 0 Å². The van der Waals surface area contributed by atoms with Crippen LogP contribution in [0, 0.1) is 11.3 Å². The summed E-state index contributed by atoms with van der Waals surface area (Å²) in [5.41, 5.74) is 2.19. The SMILES string of the molecule is CCOC(=O)c1c(NC(=O)C(C#N)=Cc2cccc3ccccc23)sc2c1CCCC2. The van der Waals surface area contributed by atoms with Gasteiger partial charge in [-0.15, -0.1) is 11.3 Å². The van der Waals surface area contributed by atoms with Gasteiger partial charge in [0.25, 0.3) is 5.91 Å². The molecule has 1 amide bonds. The summed E-state index contributed by atoms with van der Waals surface area (Å²) in [6.07, 6.45) is 5.35. The van der Waals surface area contributed by atoms with E-state index in [4.69, 9.17) is 4.74 Å². The molecule has 0 unspecified atom stereocenters. The summed E-state index contributed by atoms with van der Waals surface area (Å²) in [5.74, 6) is -0.951. The molecule has 1 heterocycles. The van der Waals surface area contributed by atoms with E-state index in [0.29, 0.717) is 10.6 Å². The summed E-state index contributed by atoms with van der Waals surface area (Å²) in [4.78, 5) is 26.7. The summed E-state index contributed by atoms with van der Waals surface area (Å²) in [6, 6.07) is 15.6. The van der Waals surface area contributed by atoms with Gasteiger partial charge >= 0.3 is 5.97 Å². The van der Waals surface area contributed by atoms with E-state index in [0.717, 1.165) is 52.5 Å². The van der Waals surface area contributed by atoms with Gasteiger partial charge in [0.05, 0.1) is 12.2 Å². The topological polar surface area (TPSA) is 79.2 Å². The lowest BCUT2D eigenvalue weighted by molar-refractivity contribution is -0.112. The molecule has 2 aromatic carbocycles. The number of carbonyl (C=O) groups is 2. The Kier molecular flexibility index (Phi) is 6.15. The number of nitrogens with one attached hydrogen (secondary N) is 1. The number of benzene rings is 2. The number of carbonyl (C=O) groups excluding carboxylic acids is 2. The number of esters is 1. The van der Waals surface area contributed by atoms with Crippen LogP contribution in [0.4, 0.5) is 5.00 Å². The van der Waals surface area contributed by atoms with Gasteiger partial charge in [-0.1, -0.05) is 42.5 Å². The van der Waals surface area contributed by atoms with E-state index in [1.807, 2.05) is 48.5 Å². The normalized spacial score (nSPS) is 13.4. The van der Waals surface area contributed by atoms with Crippen LogP contribution in [-0.4, -0.2) is 18.5 Å². The molecular weight excluding hydrogens is 408 g/mol. The first-order chi connectivity index (χ1) is 15.1. The minimum Gasteiger partial charge on any atom is -0.462 e. The number of anilines is 1. The zero-order valence-electron chi connectivity index (χ0n) is 17.2. The van der Waals surface area contributed by atoms with Crippen LogP contribution in [0.5, 0.6) is 0 Å². The zero-order valence-corrected chi connectivity index (χ0v) is 18.1. The standard InChI is InChI=1S/C25H22N2O3S/c1-2-30-25(29)22-20-12-5-6-13-21(20)31-24(22)27-23(28)18(15-26)14-17-10-7-9-16-8-3-4-11-19(16)17/h3-4,7-11,14H,2,5-6,12-13H2,1H3,(H,27,28). The Morgan fingerprint density at radius 1 is 1.16 bits per heavy atom. The second-order valence-electron chi connectivity index (χ2n) is 7.33. The van der Waals surface area contributed by atoms with E-state index in [-0.39, 0.29) is 12.2 Å². The van der Waals surface area contributed by atoms with Crippen LogP contribution in [-0.2, 0) is 22.4 Å². The number of nitriles is 1. The molecule has 0 radical (unpaired) electrons. The average Bonchev–Trinajstić information content (AvgIpc) is 3.15. The van der Waals surface area contributed by atoms with Crippen molar-refractivity contribution in [2.75, 3.05) is 11.9 Å². The highest BCUT2D eigenvalue weighted by Crippen LogP contribution is 2.38. The van der Waals surface area contributed by atoms with Gasteiger partial charge < -0.3 is 10.1 Å². The number of rotatable bonds is 5. The maximum Gasteiger partial charge on any atom is 0.341 e. The zero-order chi connectivity index (χ0) is 21.8. The predicted molar refractivity (Wildman–Crippen MR) is 123 cm³/mol. The maximum atomic E-state index is 13.0. The summed E-state index contributed by atoms with van der Waals surface area (Å²) in [7, 11) is 0. The van der Waals surface area contributed by atoms with Gasteiger partial charge in [0.1, 0.15) is 16.6 Å². The van der Waals surface area contributed by atoms with Gasteiger partial charge in [0.2, 0.25) is 0 Å². The lowest BCUT2D eigenvalue weighted by atomic mass is 9.95. The molecule has 6 heteroatoms. The van der Waals surface area contributed by atoms with Crippen molar-refractivity contribution in [2.24, 2.45) is 0 Å². The van der Waals surface area contributed by atoms with Crippen LogP contribution in [0.1, 0.15) is 46.1 Å². The Bertz CT molecular complexity index is 1230. The summed E-state index contributed by atoms with van der Waals surface area (Å²) >= 11 is 1.41. The molecule has 31 heavy (non-hydrogen) atoms. The molecular formula is C25H22N2O3S. The highest BCUT2D eigenvalue weighted by atomic mass is 32.1. The highest BCUT2D eigenvalue weighted by Gasteiger charge is 2.27. The maximum absolute atomic E-state index is 13.0. The monoisotopic (exact) mass is 430 g/mol. The number of thiophene rings is 1. The summed E-state index contributed by atoms with van der Waals surface area (Å²) in [6.45, 7) is 2.02. The lowest BCUT2D eigenvalue weighted by Gasteiger charge is -2.12. The van der Waals surface area contributed by atoms with E-state index >= 15 is 0 Å². The first-order valence-electron chi connectivity index (χ1n) is 10.3. The number of hydrogen-bond donors (Lipinski definition) is 1. The van der Waals surface area contributed by atoms with Crippen LogP contribution in [0.15, 0.2) is 48.0 Å². The number of nitrogens with zero attached hydrogens (tertiary/aromatic N) is 1. The second kappa shape index (κ2) is 9.15. The van der Waals surface area contributed by atoms with Gasteiger partial charge in [-0.3, -0.25) is 4.79 Å². The van der Waals surface area contributed by atoms with Crippen molar-refractivity contribution in [3.8, 4) is 6.07 Å². The molecule has 0 fully saturated rings. The molecule has 0 bridgehead atoms. The van der Waals surface area contributed by atoms with Crippen LogP contribution >= 0.6 is 11.3 Å². The molecule has 0 spiro atoms. The fourth-order valence-electron chi connectivity index (χ4n) is 3.92. The fraction of sp³-hybridized carbons (Fsp3) is 0.240. The minimum atomic E-state index is -0.528. The van der Waals surface area contributed by atoms with Crippen molar-refractivity contribution >= 4 is 45.1 Å². The van der Waals surface area contributed by atoms with E-state index < -0.39 is 11.9 Å². The molecule has 1 aromatic heterocycles. The van der Waals surface area contributed by atoms with Gasteiger partial charge in [-0.2, -0.15) is 5.26 Å². The smallest absolute Gasteiger partial charge is 0.341 e. The third-order valence-electron chi connectivity index (χ3n) is 5.37. The Morgan fingerprint density at radius 2 is 1.94 bits per heavy atom. The largest absolute Gasteiger partial charge is 0.462 e. The number of aryl methyl sites for hydroxylation is 1. The molecule has 5 nitrogen and oxygen atoms in total. The first kappa shape index (κ1) is 20.8. The fourth-order valence-corrected chi connectivity index (χ4v) is 5.20. The average molecular weight is 431 g/mol. The summed E-state index contributed by atoms with van der Waals surface area (Å²) in [5, 5.41) is 14.9. The molecule has 1 aliphatic carbocycles. The number of amides is 1. The quantitative estimate of drug-likeness (QED) is 0.329. The van der Waals surface area contributed by atoms with Gasteiger partial charge in [0.15, 0.2) is 0 Å². The molecule has 1 N–H and O–H groups in total. The molecule has 0 aliphatic heterocycles. The molecule has 0 saturated heterocycles. The second-order valence-corrected chi connectivity index (χ2v) is 8.43. The Balaban J connectivity index is 1.68. The molecule has 156 valence electrons. The molecule has 0 atom stereocenters. The summed E-state index contributed by atoms with van der Waals surface area (Å²) < 4.78 is 5.24. The lowest BCUT2D eigenvalue weighted by Crippen LogP contribution is -2.16. The van der Waals surface area contributed by atoms with E-state index in [1.165, 1.54) is 11.3 Å². The Labute approximate surface area is 185 Å². The minimum absolute atomic E-state index is 0.0162. The predicted octanol–water partition coefficient (Wildman–Crippen LogP) is 5.50. The van der Waals surface area contributed by atoms with Gasteiger partial charge in [-0.25, -0.2) is 4.79 Å². The Hall–Kier alpha value is -3.43. The number of ether oxygens (including phenoxy) is 1. The van der Waals surface area contributed by atoms with E-state index in [1.54, 1.807) is 13.0 Å². The third-order valence-corrected chi connectivity index (χ3v) is 6.57. The number of hydrogen-bond acceptors (Lipinski definition) is 5. The van der Waals surface area contributed by atoms with E-state index in [9.17, 15) is 14.9 Å². The molecule has 4 rings (SSSR count). The van der Waals surface area contributed by atoms with Crippen molar-refractivity contribution < 1.29 is 14.3 Å². The highest BCUT2D eigenvalue weighted by molar-refractivity contribution is 7.17. The van der Waals surface area contributed by atoms with Crippen LogP contribution < -0.4 is 5.32 Å². The van der Waals surface area contributed by atoms with Crippen LogP contribution in [0.25, 0.3) is 16.8 Å². The molecule has 0 saturated carbocycles. The number of fused-ring (bicyclic) bond motifs is 2. The van der Waals surface area contributed by atoms with Crippen molar-refractivity contribution in [1.29, 1.82) is 5.26 Å². The van der Waals surface area contributed by atoms with Gasteiger partial charge in [-0.05, 0) is 60.6 Å². The first-order valence-corrected chi connectivity index (χ1v) is 11.2. The van der Waals surface area contributed by atoms with Crippen molar-refractivity contribution in [1.82, 2.24) is 0 Å². The van der Waals surface area contributed by atoms with Crippen molar-refractivity contribution in [2.45, 2.75) is 32.6 Å². The van der Waals surface area contributed by atoms with E-state index in [2.05, 4.69) is 5.32 Å². The molecule has 1 aliphatic rings. The van der Waals surface area contributed by atoms with Crippen molar-refractivity contribution in [3.63, 3.8) is 0 Å². The van der Waals surface area contributed by atoms with Crippen LogP contribution in [0.2, 0.25) is 0 Å². The third kappa shape index (κ3) is 4.23. The van der Waals surface area contributed by atoms with Gasteiger partial charge in [0, 0.05) is 4.88 Å². The van der Waals surface area contributed by atoms with Crippen molar-refractivity contribution in [3.05, 3.63) is 69.6 Å².